The quantitative estimate of drug-likeness (QED) is 0.788. The van der Waals surface area contributed by atoms with Crippen LogP contribution in [0.5, 0.6) is 0 Å². The van der Waals surface area contributed by atoms with Crippen molar-refractivity contribution in [2.45, 2.75) is 92.5 Å². The fraction of sp³-hybridized carbons (Fsp3) is 1.00. The lowest BCUT2D eigenvalue weighted by Gasteiger charge is -2.47. The van der Waals surface area contributed by atoms with Crippen molar-refractivity contribution in [3.63, 3.8) is 0 Å². The normalized spacial score (nSPS) is 36.1. The molecule has 1 saturated heterocycles. The van der Waals surface area contributed by atoms with Gasteiger partial charge in [0, 0.05) is 11.3 Å². The van der Waals surface area contributed by atoms with E-state index in [2.05, 4.69) is 55.4 Å². The fourth-order valence-electron chi connectivity index (χ4n) is 3.73. The van der Waals surface area contributed by atoms with Crippen molar-refractivity contribution in [2.24, 2.45) is 16.7 Å². The Kier molecular flexibility index (Phi) is 6.51. The first-order valence-corrected chi connectivity index (χ1v) is 8.90. The van der Waals surface area contributed by atoms with Gasteiger partial charge < -0.3 is 14.6 Å². The maximum Gasteiger partial charge on any atom is 0.0688 e. The van der Waals surface area contributed by atoms with Crippen molar-refractivity contribution in [3.05, 3.63) is 0 Å². The summed E-state index contributed by atoms with van der Waals surface area (Å²) in [5.41, 5.74) is -0.237. The lowest BCUT2D eigenvalue weighted by Crippen LogP contribution is -2.54. The molecule has 22 heavy (non-hydrogen) atoms. The minimum Gasteiger partial charge on any atom is -0.392 e. The second-order valence-corrected chi connectivity index (χ2v) is 9.05. The van der Waals surface area contributed by atoms with Gasteiger partial charge in [-0.1, -0.05) is 48.5 Å². The minimum atomic E-state index is -0.373. The lowest BCUT2D eigenvalue weighted by atomic mass is 9.74. The van der Waals surface area contributed by atoms with Gasteiger partial charge in [-0.05, 0) is 31.6 Å². The fourth-order valence-corrected chi connectivity index (χ4v) is 3.73. The summed E-state index contributed by atoms with van der Waals surface area (Å²) in [6, 6.07) is 0. The van der Waals surface area contributed by atoms with E-state index in [-0.39, 0.29) is 34.6 Å². The third-order valence-corrected chi connectivity index (χ3v) is 5.23. The highest BCUT2D eigenvalue weighted by Crippen LogP contribution is 2.39. The molecule has 0 saturated carbocycles. The minimum absolute atomic E-state index is 0.147. The largest absolute Gasteiger partial charge is 0.392 e. The van der Waals surface area contributed by atoms with Crippen LogP contribution in [0, 0.1) is 16.7 Å². The van der Waals surface area contributed by atoms with Gasteiger partial charge in [0.25, 0.3) is 0 Å². The molecule has 0 aromatic heterocycles. The molecule has 0 radical (unpaired) electrons. The first-order chi connectivity index (χ1) is 9.96. The zero-order valence-corrected chi connectivity index (χ0v) is 16.0. The van der Waals surface area contributed by atoms with Gasteiger partial charge in [-0.25, -0.2) is 0 Å². The van der Waals surface area contributed by atoms with E-state index in [1.54, 1.807) is 0 Å². The van der Waals surface area contributed by atoms with Crippen LogP contribution >= 0.6 is 0 Å². The summed E-state index contributed by atoms with van der Waals surface area (Å²) >= 11 is 0. The number of ether oxygens (including phenoxy) is 2. The van der Waals surface area contributed by atoms with Crippen LogP contribution in [0.3, 0.4) is 0 Å². The summed E-state index contributed by atoms with van der Waals surface area (Å²) in [5, 5.41) is 10.7. The van der Waals surface area contributed by atoms with E-state index in [9.17, 15) is 5.11 Å². The van der Waals surface area contributed by atoms with E-state index in [0.29, 0.717) is 13.2 Å². The molecule has 3 heteroatoms. The summed E-state index contributed by atoms with van der Waals surface area (Å²) in [4.78, 5) is 0. The van der Waals surface area contributed by atoms with Gasteiger partial charge >= 0.3 is 0 Å². The van der Waals surface area contributed by atoms with E-state index in [0.717, 1.165) is 19.3 Å². The van der Waals surface area contributed by atoms with Crippen molar-refractivity contribution in [1.82, 2.24) is 0 Å². The van der Waals surface area contributed by atoms with E-state index in [4.69, 9.17) is 9.47 Å². The Labute approximate surface area is 137 Å². The van der Waals surface area contributed by atoms with Crippen LogP contribution in [0.1, 0.15) is 74.7 Å². The maximum atomic E-state index is 10.7. The number of hydrogen-bond acceptors (Lipinski definition) is 3. The highest BCUT2D eigenvalue weighted by Gasteiger charge is 2.45. The summed E-state index contributed by atoms with van der Waals surface area (Å²) in [6.07, 6.45) is 2.73. The Hall–Kier alpha value is -0.120. The van der Waals surface area contributed by atoms with Crippen LogP contribution in [0.2, 0.25) is 0 Å². The molecular formula is C19H38O3. The van der Waals surface area contributed by atoms with Crippen LogP contribution in [0.25, 0.3) is 0 Å². The van der Waals surface area contributed by atoms with E-state index >= 15 is 0 Å². The van der Waals surface area contributed by atoms with Gasteiger partial charge in [-0.15, -0.1) is 0 Å². The lowest BCUT2D eigenvalue weighted by molar-refractivity contribution is -0.201. The Balaban J connectivity index is 2.72. The Morgan fingerprint density at radius 2 is 1.82 bits per heavy atom. The van der Waals surface area contributed by atoms with Crippen molar-refractivity contribution >= 4 is 0 Å². The van der Waals surface area contributed by atoms with Crippen LogP contribution in [-0.2, 0) is 9.47 Å². The van der Waals surface area contributed by atoms with Gasteiger partial charge in [0.2, 0.25) is 0 Å². The molecule has 1 aliphatic heterocycles. The molecule has 0 amide bonds. The highest BCUT2D eigenvalue weighted by atomic mass is 16.5. The molecule has 4 unspecified atom stereocenters. The summed E-state index contributed by atoms with van der Waals surface area (Å²) in [5.74, 6) is 0.155. The van der Waals surface area contributed by atoms with Crippen LogP contribution in [0.4, 0.5) is 0 Å². The van der Waals surface area contributed by atoms with Crippen LogP contribution in [-0.4, -0.2) is 36.1 Å². The van der Waals surface area contributed by atoms with Gasteiger partial charge in [0.1, 0.15) is 0 Å². The second-order valence-electron chi connectivity index (χ2n) is 9.05. The third kappa shape index (κ3) is 4.94. The summed E-state index contributed by atoms with van der Waals surface area (Å²) < 4.78 is 12.3. The Morgan fingerprint density at radius 1 is 1.23 bits per heavy atom. The smallest absolute Gasteiger partial charge is 0.0688 e. The molecule has 0 bridgehead atoms. The standard InChI is InChI=1S/C19H38O3/c1-9-15-14(3)16(20)18(7,12-21-15)13-22-19(8,10-2)11-17(4,5)6/h14-16,20H,9-13H2,1-8H3/t14-,15?,16?,18?,19?/m0/s1. The molecule has 1 heterocycles. The molecule has 3 nitrogen and oxygen atoms in total. The number of rotatable bonds is 6. The first kappa shape index (κ1) is 19.9. The van der Waals surface area contributed by atoms with Crippen molar-refractivity contribution in [1.29, 1.82) is 0 Å². The predicted molar refractivity (Wildman–Crippen MR) is 92.0 cm³/mol. The number of aliphatic hydroxyl groups is 1. The molecule has 0 aliphatic carbocycles. The van der Waals surface area contributed by atoms with Gasteiger partial charge in [-0.2, -0.15) is 0 Å². The molecule has 1 N–H and O–H groups in total. The molecule has 0 aromatic carbocycles. The predicted octanol–water partition coefficient (Wildman–Crippen LogP) is 4.42. The average molecular weight is 315 g/mol. The number of hydrogen-bond donors (Lipinski definition) is 1. The topological polar surface area (TPSA) is 38.7 Å². The molecule has 0 spiro atoms. The summed E-state index contributed by atoms with van der Waals surface area (Å²) in [7, 11) is 0. The highest BCUT2D eigenvalue weighted by molar-refractivity contribution is 4.93. The van der Waals surface area contributed by atoms with Crippen molar-refractivity contribution in [3.8, 4) is 0 Å². The SMILES string of the molecule is CCC1OCC(C)(COC(C)(CC)CC(C)(C)C)C(O)[C@H]1C. The average Bonchev–Trinajstić information content (AvgIpc) is 2.42. The third-order valence-electron chi connectivity index (χ3n) is 5.23. The molecule has 5 atom stereocenters. The van der Waals surface area contributed by atoms with Crippen LogP contribution < -0.4 is 0 Å². The Bertz CT molecular complexity index is 349. The van der Waals surface area contributed by atoms with E-state index < -0.39 is 0 Å². The van der Waals surface area contributed by atoms with E-state index in [1.165, 1.54) is 0 Å². The zero-order valence-electron chi connectivity index (χ0n) is 16.0. The van der Waals surface area contributed by atoms with Crippen LogP contribution in [0.15, 0.2) is 0 Å². The summed E-state index contributed by atoms with van der Waals surface area (Å²) in [6.45, 7) is 18.5. The Morgan fingerprint density at radius 3 is 2.27 bits per heavy atom. The molecule has 1 fully saturated rings. The molecule has 0 aromatic rings. The maximum absolute atomic E-state index is 10.7. The molecule has 132 valence electrons. The van der Waals surface area contributed by atoms with Crippen molar-refractivity contribution < 1.29 is 14.6 Å². The van der Waals surface area contributed by atoms with Gasteiger partial charge in [0.15, 0.2) is 0 Å². The monoisotopic (exact) mass is 314 g/mol. The first-order valence-electron chi connectivity index (χ1n) is 8.90. The molecule has 1 rings (SSSR count). The van der Waals surface area contributed by atoms with Gasteiger partial charge in [-0.3, -0.25) is 0 Å². The van der Waals surface area contributed by atoms with E-state index in [1.807, 2.05) is 0 Å². The second kappa shape index (κ2) is 7.19. The zero-order chi connectivity index (χ0) is 17.2. The molecule has 1 aliphatic rings. The van der Waals surface area contributed by atoms with Gasteiger partial charge in [0.05, 0.1) is 31.0 Å². The van der Waals surface area contributed by atoms with Crippen molar-refractivity contribution in [2.75, 3.05) is 13.2 Å². The number of aliphatic hydroxyl groups excluding tert-OH is 1. The molecular weight excluding hydrogens is 276 g/mol.